The zero-order valence-corrected chi connectivity index (χ0v) is 20.9. The molecule has 3 fully saturated rings. The summed E-state index contributed by atoms with van der Waals surface area (Å²) in [7, 11) is -3.80. The van der Waals surface area contributed by atoms with E-state index in [1.807, 2.05) is 6.07 Å². The van der Waals surface area contributed by atoms with Gasteiger partial charge >= 0.3 is 0 Å². The van der Waals surface area contributed by atoms with Crippen LogP contribution < -0.4 is 5.32 Å². The summed E-state index contributed by atoms with van der Waals surface area (Å²) in [6.45, 7) is 2.35. The Morgan fingerprint density at radius 2 is 1.83 bits per heavy atom. The summed E-state index contributed by atoms with van der Waals surface area (Å²) in [5, 5.41) is 2.11. The Morgan fingerprint density at radius 3 is 2.47 bits per heavy atom. The third-order valence-electron chi connectivity index (χ3n) is 7.53. The van der Waals surface area contributed by atoms with Gasteiger partial charge in [-0.05, 0) is 43.9 Å². The van der Waals surface area contributed by atoms with Gasteiger partial charge in [0.15, 0.2) is 0 Å². The van der Waals surface area contributed by atoms with E-state index >= 15 is 8.78 Å². The van der Waals surface area contributed by atoms with Crippen LogP contribution in [-0.4, -0.2) is 51.1 Å². The Morgan fingerprint density at radius 1 is 1.08 bits per heavy atom. The third-order valence-corrected chi connectivity index (χ3v) is 9.90. The van der Waals surface area contributed by atoms with Crippen molar-refractivity contribution in [2.45, 2.75) is 49.6 Å². The molecule has 0 spiro atoms. The molecule has 0 aliphatic carbocycles. The molecule has 0 aromatic heterocycles. The van der Waals surface area contributed by atoms with E-state index in [4.69, 9.17) is 9.47 Å². The Bertz CT molecular complexity index is 1230. The molecule has 2 aromatic rings. The zero-order chi connectivity index (χ0) is 25.5. The van der Waals surface area contributed by atoms with Crippen LogP contribution in [0.4, 0.5) is 8.78 Å². The maximum Gasteiger partial charge on any atom is 0.226 e. The number of carbonyl (C=O) groups is 1. The largest absolute Gasteiger partial charge is 0.381 e. The molecule has 3 atom stereocenters. The number of carbonyl (C=O) groups excluding carboxylic acids is 1. The molecular formula is C26H30F2N2O5S. The van der Waals surface area contributed by atoms with Crippen molar-refractivity contribution < 1.29 is 31.5 Å². The highest BCUT2D eigenvalue weighted by atomic mass is 32.2. The summed E-state index contributed by atoms with van der Waals surface area (Å²) in [5.74, 6) is -2.04. The lowest BCUT2D eigenvalue weighted by Gasteiger charge is -2.43. The van der Waals surface area contributed by atoms with Crippen molar-refractivity contribution >= 4 is 15.9 Å². The average molecular weight is 521 g/mol. The smallest absolute Gasteiger partial charge is 0.226 e. The molecule has 2 aromatic carbocycles. The Kier molecular flexibility index (Phi) is 6.88. The fourth-order valence-corrected chi connectivity index (χ4v) is 7.46. The highest BCUT2D eigenvalue weighted by molar-refractivity contribution is 7.89. The summed E-state index contributed by atoms with van der Waals surface area (Å²) in [6, 6.07) is 10.7. The second kappa shape index (κ2) is 9.81. The molecule has 1 unspecified atom stereocenters. The summed E-state index contributed by atoms with van der Waals surface area (Å²) in [5.41, 5.74) is -0.525. The van der Waals surface area contributed by atoms with E-state index in [1.54, 1.807) is 31.2 Å². The standard InChI is InChI=1S/C26H30F2N2O5S/c1-17-7-8-24(18-5-3-2-4-6-18)36(32,33)30(17)13-20-11-23(28)21(12-22(20)27)26(15-35-16-26)29-25(31)19-9-10-34-14-19/h2-6,11-12,17,19,24H,7-10,13-16H2,1H3,(H,29,31)/t17-,19?,24+/m1/s1. The predicted molar refractivity (Wildman–Crippen MR) is 128 cm³/mol. The SMILES string of the molecule is C[C@@H]1CC[C@@H](c2ccccc2)S(=O)(=O)N1Cc1cc(F)c(C2(NC(=O)C3CCOC3)COC2)cc1F. The van der Waals surface area contributed by atoms with Crippen LogP contribution in [0.5, 0.6) is 0 Å². The van der Waals surface area contributed by atoms with Gasteiger partial charge in [0.2, 0.25) is 15.9 Å². The van der Waals surface area contributed by atoms with Gasteiger partial charge in [0.25, 0.3) is 0 Å². The van der Waals surface area contributed by atoms with E-state index in [1.165, 1.54) is 4.31 Å². The molecule has 1 amide bonds. The van der Waals surface area contributed by atoms with Gasteiger partial charge in [-0.25, -0.2) is 17.2 Å². The van der Waals surface area contributed by atoms with Crippen molar-refractivity contribution in [2.24, 2.45) is 5.92 Å². The predicted octanol–water partition coefficient (Wildman–Crippen LogP) is 3.40. The van der Waals surface area contributed by atoms with Gasteiger partial charge in [-0.3, -0.25) is 4.79 Å². The molecule has 5 rings (SSSR count). The number of ether oxygens (including phenoxy) is 2. The molecule has 3 aliphatic rings. The van der Waals surface area contributed by atoms with Crippen molar-refractivity contribution in [3.8, 4) is 0 Å². The molecule has 3 heterocycles. The first kappa shape index (κ1) is 25.3. The van der Waals surface area contributed by atoms with Crippen LogP contribution >= 0.6 is 0 Å². The molecule has 1 N–H and O–H groups in total. The molecule has 36 heavy (non-hydrogen) atoms. The lowest BCUT2D eigenvalue weighted by molar-refractivity contribution is -0.138. The van der Waals surface area contributed by atoms with Crippen LogP contribution in [0.1, 0.15) is 48.1 Å². The van der Waals surface area contributed by atoms with Crippen molar-refractivity contribution in [3.63, 3.8) is 0 Å². The molecule has 0 radical (unpaired) electrons. The van der Waals surface area contributed by atoms with E-state index in [0.29, 0.717) is 38.0 Å². The second-order valence-electron chi connectivity index (χ2n) is 9.96. The Balaban J connectivity index is 1.40. The van der Waals surface area contributed by atoms with E-state index in [2.05, 4.69) is 5.32 Å². The number of nitrogens with one attached hydrogen (secondary N) is 1. The van der Waals surface area contributed by atoms with Crippen LogP contribution in [0.3, 0.4) is 0 Å². The molecule has 10 heteroatoms. The molecule has 194 valence electrons. The number of amides is 1. The van der Waals surface area contributed by atoms with E-state index in [0.717, 1.165) is 12.1 Å². The van der Waals surface area contributed by atoms with Crippen LogP contribution in [0.2, 0.25) is 0 Å². The average Bonchev–Trinajstić information content (AvgIpc) is 3.37. The fourth-order valence-electron chi connectivity index (χ4n) is 5.28. The first-order valence-electron chi connectivity index (χ1n) is 12.2. The number of benzene rings is 2. The van der Waals surface area contributed by atoms with E-state index in [-0.39, 0.29) is 48.8 Å². The van der Waals surface area contributed by atoms with Crippen molar-refractivity contribution in [1.82, 2.24) is 9.62 Å². The number of sulfonamides is 1. The number of rotatable bonds is 6. The second-order valence-corrected chi connectivity index (χ2v) is 12.0. The number of hydrogen-bond acceptors (Lipinski definition) is 5. The van der Waals surface area contributed by atoms with Gasteiger partial charge < -0.3 is 14.8 Å². The Hall–Kier alpha value is -2.40. The highest BCUT2D eigenvalue weighted by Crippen LogP contribution is 2.39. The van der Waals surface area contributed by atoms with Gasteiger partial charge in [-0.2, -0.15) is 4.31 Å². The molecule has 0 saturated carbocycles. The van der Waals surface area contributed by atoms with Crippen LogP contribution in [0.15, 0.2) is 42.5 Å². The van der Waals surface area contributed by atoms with Crippen molar-refractivity contribution in [3.05, 3.63) is 70.8 Å². The third kappa shape index (κ3) is 4.55. The quantitative estimate of drug-likeness (QED) is 0.631. The summed E-state index contributed by atoms with van der Waals surface area (Å²) < 4.78 is 69.5. The summed E-state index contributed by atoms with van der Waals surface area (Å²) >= 11 is 0. The van der Waals surface area contributed by atoms with Crippen LogP contribution in [0, 0.1) is 17.6 Å². The minimum absolute atomic E-state index is 0.000947. The van der Waals surface area contributed by atoms with Gasteiger partial charge in [0.05, 0.1) is 25.7 Å². The summed E-state index contributed by atoms with van der Waals surface area (Å²) in [6.07, 6.45) is 1.65. The maximum atomic E-state index is 15.4. The Labute approximate surface area is 209 Å². The van der Waals surface area contributed by atoms with E-state index < -0.39 is 32.4 Å². The molecule has 7 nitrogen and oxygen atoms in total. The summed E-state index contributed by atoms with van der Waals surface area (Å²) in [4.78, 5) is 12.7. The van der Waals surface area contributed by atoms with Gasteiger partial charge in [0.1, 0.15) is 22.4 Å². The van der Waals surface area contributed by atoms with Crippen LogP contribution in [-0.2, 0) is 36.4 Å². The highest BCUT2D eigenvalue weighted by Gasteiger charge is 2.46. The van der Waals surface area contributed by atoms with Gasteiger partial charge in [-0.1, -0.05) is 30.3 Å². The molecule has 3 aliphatic heterocycles. The number of hydrogen-bond donors (Lipinski definition) is 1. The molecule has 3 saturated heterocycles. The lowest BCUT2D eigenvalue weighted by atomic mass is 9.86. The molecular weight excluding hydrogens is 490 g/mol. The zero-order valence-electron chi connectivity index (χ0n) is 20.1. The monoisotopic (exact) mass is 520 g/mol. The maximum absolute atomic E-state index is 15.4. The van der Waals surface area contributed by atoms with Crippen molar-refractivity contribution in [1.29, 1.82) is 0 Å². The lowest BCUT2D eigenvalue weighted by Crippen LogP contribution is -2.61. The van der Waals surface area contributed by atoms with Crippen LogP contribution in [0.25, 0.3) is 0 Å². The minimum Gasteiger partial charge on any atom is -0.381 e. The minimum atomic E-state index is -3.80. The normalized spacial score (nSPS) is 27.4. The van der Waals surface area contributed by atoms with Crippen molar-refractivity contribution in [2.75, 3.05) is 26.4 Å². The first-order valence-corrected chi connectivity index (χ1v) is 13.7. The topological polar surface area (TPSA) is 84.9 Å². The van der Waals surface area contributed by atoms with Gasteiger partial charge in [0, 0.05) is 30.3 Å². The van der Waals surface area contributed by atoms with E-state index in [9.17, 15) is 13.2 Å². The number of halogens is 2. The van der Waals surface area contributed by atoms with Gasteiger partial charge in [-0.15, -0.1) is 0 Å². The molecule has 0 bridgehead atoms. The fraction of sp³-hybridized carbons (Fsp3) is 0.500. The number of nitrogens with zero attached hydrogens (tertiary/aromatic N) is 1. The first-order chi connectivity index (χ1) is 17.2.